The lowest BCUT2D eigenvalue weighted by molar-refractivity contribution is -0.120. The van der Waals surface area contributed by atoms with Crippen LogP contribution in [0.15, 0.2) is 58.1 Å². The standard InChI is InChI=1S/C26H25BrCl2N2O3/c1-4-33-24-12-19(14-30-31-25(32)13-20-7-5-16(2)9-17(20)3)10-21(27)26(24)34-15-18-6-8-22(28)23(29)11-18/h5-12,14H,4,13,15H2,1-3H3,(H,31,32)/b30-14+. The third kappa shape index (κ3) is 7.23. The number of benzene rings is 3. The average Bonchev–Trinajstić information content (AvgIpc) is 2.78. The van der Waals surface area contributed by atoms with Crippen LogP contribution in [0.3, 0.4) is 0 Å². The second-order valence-corrected chi connectivity index (χ2v) is 9.37. The highest BCUT2D eigenvalue weighted by Crippen LogP contribution is 2.37. The Kier molecular flexibility index (Phi) is 9.39. The smallest absolute Gasteiger partial charge is 0.244 e. The van der Waals surface area contributed by atoms with Gasteiger partial charge in [-0.3, -0.25) is 4.79 Å². The molecule has 1 amide bonds. The van der Waals surface area contributed by atoms with Crippen LogP contribution in [0.25, 0.3) is 0 Å². The third-order valence-electron chi connectivity index (χ3n) is 4.95. The molecule has 178 valence electrons. The van der Waals surface area contributed by atoms with E-state index < -0.39 is 0 Å². The first-order valence-electron chi connectivity index (χ1n) is 10.7. The second kappa shape index (κ2) is 12.2. The maximum absolute atomic E-state index is 12.3. The lowest BCUT2D eigenvalue weighted by Gasteiger charge is -2.15. The van der Waals surface area contributed by atoms with Crippen LogP contribution in [0, 0.1) is 13.8 Å². The summed E-state index contributed by atoms with van der Waals surface area (Å²) >= 11 is 15.6. The summed E-state index contributed by atoms with van der Waals surface area (Å²) in [5.41, 5.74) is 7.42. The van der Waals surface area contributed by atoms with E-state index in [2.05, 4.69) is 32.5 Å². The maximum Gasteiger partial charge on any atom is 0.244 e. The molecule has 0 heterocycles. The van der Waals surface area contributed by atoms with Crippen LogP contribution >= 0.6 is 39.1 Å². The molecular weight excluding hydrogens is 539 g/mol. The first-order chi connectivity index (χ1) is 16.3. The van der Waals surface area contributed by atoms with Crippen molar-refractivity contribution in [3.63, 3.8) is 0 Å². The Balaban J connectivity index is 1.68. The minimum atomic E-state index is -0.186. The molecule has 0 bridgehead atoms. The van der Waals surface area contributed by atoms with Gasteiger partial charge in [-0.2, -0.15) is 5.10 Å². The monoisotopic (exact) mass is 562 g/mol. The van der Waals surface area contributed by atoms with Gasteiger partial charge < -0.3 is 9.47 Å². The van der Waals surface area contributed by atoms with Gasteiger partial charge in [0.15, 0.2) is 11.5 Å². The largest absolute Gasteiger partial charge is 0.490 e. The zero-order valence-electron chi connectivity index (χ0n) is 19.1. The second-order valence-electron chi connectivity index (χ2n) is 7.70. The summed E-state index contributed by atoms with van der Waals surface area (Å²) in [4.78, 5) is 12.3. The first-order valence-corrected chi connectivity index (χ1v) is 12.2. The summed E-state index contributed by atoms with van der Waals surface area (Å²) in [5, 5.41) is 5.06. The maximum atomic E-state index is 12.3. The molecule has 0 aromatic heterocycles. The van der Waals surface area contributed by atoms with Gasteiger partial charge in [-0.25, -0.2) is 5.43 Å². The molecule has 1 N–H and O–H groups in total. The quantitative estimate of drug-likeness (QED) is 0.224. The van der Waals surface area contributed by atoms with Crippen LogP contribution in [-0.4, -0.2) is 18.7 Å². The van der Waals surface area contributed by atoms with Crippen LogP contribution in [-0.2, 0) is 17.8 Å². The van der Waals surface area contributed by atoms with E-state index in [0.717, 1.165) is 22.3 Å². The molecule has 8 heteroatoms. The zero-order valence-corrected chi connectivity index (χ0v) is 22.2. The predicted molar refractivity (Wildman–Crippen MR) is 141 cm³/mol. The fourth-order valence-electron chi connectivity index (χ4n) is 3.29. The number of aryl methyl sites for hydroxylation is 2. The molecular formula is C26H25BrCl2N2O3. The van der Waals surface area contributed by atoms with Crippen molar-refractivity contribution in [1.29, 1.82) is 0 Å². The number of hydrazone groups is 1. The number of nitrogens with zero attached hydrogens (tertiary/aromatic N) is 1. The van der Waals surface area contributed by atoms with E-state index in [1.807, 2.05) is 45.0 Å². The van der Waals surface area contributed by atoms with Crippen molar-refractivity contribution in [2.45, 2.75) is 33.8 Å². The summed E-state index contributed by atoms with van der Waals surface area (Å²) < 4.78 is 12.5. The Bertz CT molecular complexity index is 1210. The van der Waals surface area contributed by atoms with Crippen molar-refractivity contribution in [2.24, 2.45) is 5.10 Å². The molecule has 3 aromatic carbocycles. The van der Waals surface area contributed by atoms with E-state index in [4.69, 9.17) is 32.7 Å². The number of carbonyl (C=O) groups excluding carboxylic acids is 1. The topological polar surface area (TPSA) is 59.9 Å². The van der Waals surface area contributed by atoms with Gasteiger partial charge in [0.05, 0.1) is 33.8 Å². The molecule has 0 spiro atoms. The fourth-order valence-corrected chi connectivity index (χ4v) is 4.18. The molecule has 34 heavy (non-hydrogen) atoms. The molecule has 0 aliphatic rings. The minimum absolute atomic E-state index is 0.186. The number of carbonyl (C=O) groups is 1. The molecule has 0 unspecified atom stereocenters. The third-order valence-corrected chi connectivity index (χ3v) is 6.28. The van der Waals surface area contributed by atoms with Crippen molar-refractivity contribution in [2.75, 3.05) is 6.61 Å². The van der Waals surface area contributed by atoms with Gasteiger partial charge in [0, 0.05) is 0 Å². The number of halogens is 3. The molecule has 5 nitrogen and oxygen atoms in total. The minimum Gasteiger partial charge on any atom is -0.490 e. The van der Waals surface area contributed by atoms with Crippen LogP contribution in [0.4, 0.5) is 0 Å². The average molecular weight is 564 g/mol. The lowest BCUT2D eigenvalue weighted by Crippen LogP contribution is -2.20. The molecule has 0 fully saturated rings. The van der Waals surface area contributed by atoms with Crippen molar-refractivity contribution in [3.8, 4) is 11.5 Å². The van der Waals surface area contributed by atoms with E-state index in [1.54, 1.807) is 24.4 Å². The van der Waals surface area contributed by atoms with E-state index in [1.165, 1.54) is 5.56 Å². The molecule has 0 atom stereocenters. The normalized spacial score (nSPS) is 11.0. The molecule has 0 saturated carbocycles. The van der Waals surface area contributed by atoms with Gasteiger partial charge in [0.25, 0.3) is 0 Å². The van der Waals surface area contributed by atoms with E-state index >= 15 is 0 Å². The Morgan fingerprint density at radius 3 is 2.56 bits per heavy atom. The fraction of sp³-hybridized carbons (Fsp3) is 0.231. The SMILES string of the molecule is CCOc1cc(/C=N/NC(=O)Cc2ccc(C)cc2C)cc(Br)c1OCc1ccc(Cl)c(Cl)c1. The zero-order chi connectivity index (χ0) is 24.7. The van der Waals surface area contributed by atoms with E-state index in [-0.39, 0.29) is 18.9 Å². The number of ether oxygens (including phenoxy) is 2. The summed E-state index contributed by atoms with van der Waals surface area (Å²) in [6.07, 6.45) is 1.83. The van der Waals surface area contributed by atoms with E-state index in [9.17, 15) is 4.79 Å². The highest BCUT2D eigenvalue weighted by molar-refractivity contribution is 9.10. The van der Waals surface area contributed by atoms with Gasteiger partial charge in [0.1, 0.15) is 6.61 Å². The van der Waals surface area contributed by atoms with Gasteiger partial charge in [-0.15, -0.1) is 0 Å². The Labute approximate surface area is 218 Å². The lowest BCUT2D eigenvalue weighted by atomic mass is 10.0. The first kappa shape index (κ1) is 26.1. The number of rotatable bonds is 9. The summed E-state index contributed by atoms with van der Waals surface area (Å²) in [6, 6.07) is 15.0. The molecule has 0 radical (unpaired) electrons. The number of hydrogen-bond donors (Lipinski definition) is 1. The van der Waals surface area contributed by atoms with Crippen molar-refractivity contribution in [1.82, 2.24) is 5.43 Å². The van der Waals surface area contributed by atoms with Crippen molar-refractivity contribution in [3.05, 3.63) is 90.9 Å². The number of hydrogen-bond acceptors (Lipinski definition) is 4. The highest BCUT2D eigenvalue weighted by Gasteiger charge is 2.13. The van der Waals surface area contributed by atoms with Gasteiger partial charge in [-0.1, -0.05) is 53.0 Å². The van der Waals surface area contributed by atoms with Crippen molar-refractivity contribution >= 4 is 51.3 Å². The summed E-state index contributed by atoms with van der Waals surface area (Å²) in [7, 11) is 0. The molecule has 3 aromatic rings. The highest BCUT2D eigenvalue weighted by atomic mass is 79.9. The predicted octanol–water partition coefficient (Wildman–Crippen LogP) is 7.04. The molecule has 3 rings (SSSR count). The summed E-state index contributed by atoms with van der Waals surface area (Å²) in [5.74, 6) is 0.929. The van der Waals surface area contributed by atoms with Crippen LogP contribution in [0.1, 0.15) is 34.7 Å². The van der Waals surface area contributed by atoms with Crippen LogP contribution in [0.5, 0.6) is 11.5 Å². The molecule has 0 saturated heterocycles. The van der Waals surface area contributed by atoms with E-state index in [0.29, 0.717) is 32.6 Å². The van der Waals surface area contributed by atoms with Gasteiger partial charge in [0.2, 0.25) is 5.91 Å². The van der Waals surface area contributed by atoms with Crippen LogP contribution in [0.2, 0.25) is 10.0 Å². The van der Waals surface area contributed by atoms with Gasteiger partial charge in [-0.05, 0) is 83.2 Å². The number of amides is 1. The molecule has 0 aliphatic carbocycles. The number of nitrogens with one attached hydrogen (secondary N) is 1. The van der Waals surface area contributed by atoms with Gasteiger partial charge >= 0.3 is 0 Å². The van der Waals surface area contributed by atoms with Crippen molar-refractivity contribution < 1.29 is 14.3 Å². The van der Waals surface area contributed by atoms with Crippen LogP contribution < -0.4 is 14.9 Å². The Hall–Kier alpha value is -2.54. The Morgan fingerprint density at radius 2 is 1.85 bits per heavy atom. The Morgan fingerprint density at radius 1 is 1.06 bits per heavy atom. The molecule has 0 aliphatic heterocycles. The summed E-state index contributed by atoms with van der Waals surface area (Å²) in [6.45, 7) is 6.67.